The third-order valence-electron chi connectivity index (χ3n) is 4.19. The molecule has 2 heterocycles. The number of Topliss-reactive ketones (excluding diaryl/α,β-unsaturated/α-hetero) is 1. The molecule has 2 atom stereocenters. The maximum atomic E-state index is 11.7. The second-order valence-corrected chi connectivity index (χ2v) is 5.62. The van der Waals surface area contributed by atoms with Gasteiger partial charge in [0.2, 0.25) is 0 Å². The Bertz CT molecular complexity index is 453. The normalized spacial score (nSPS) is 26.6. The molecule has 2 unspecified atom stereocenters. The highest BCUT2D eigenvalue weighted by Crippen LogP contribution is 2.41. The number of para-hydroxylation sites is 2. The molecule has 0 amide bonds. The summed E-state index contributed by atoms with van der Waals surface area (Å²) < 4.78 is 0. The van der Waals surface area contributed by atoms with Crippen LogP contribution in [0.15, 0.2) is 24.3 Å². The number of rotatable bonds is 2. The Morgan fingerprint density at radius 3 is 2.33 bits per heavy atom. The largest absolute Gasteiger partial charge is 0.376 e. The van der Waals surface area contributed by atoms with Crippen LogP contribution in [0.3, 0.4) is 0 Å². The number of piperidine rings is 1. The van der Waals surface area contributed by atoms with Gasteiger partial charge in [-0.2, -0.15) is 0 Å². The van der Waals surface area contributed by atoms with Crippen molar-refractivity contribution in [3.63, 3.8) is 0 Å². The van der Waals surface area contributed by atoms with Gasteiger partial charge < -0.3 is 9.80 Å². The zero-order valence-electron chi connectivity index (χ0n) is 11.1. The number of hydrogen-bond acceptors (Lipinski definition) is 3. The highest BCUT2D eigenvalue weighted by Gasteiger charge is 2.40. The molecule has 0 saturated carbocycles. The van der Waals surface area contributed by atoms with Crippen LogP contribution in [0.2, 0.25) is 0 Å². The van der Waals surface area contributed by atoms with Crippen LogP contribution < -0.4 is 9.80 Å². The third-order valence-corrected chi connectivity index (χ3v) is 4.19. The summed E-state index contributed by atoms with van der Waals surface area (Å²) in [6, 6.07) is 9.38. The van der Waals surface area contributed by atoms with Gasteiger partial charge in [-0.15, -0.1) is 0 Å². The molecule has 0 N–H and O–H groups in total. The first-order valence-corrected chi connectivity index (χ1v) is 6.73. The molecule has 2 aliphatic rings. The van der Waals surface area contributed by atoms with Gasteiger partial charge in [0, 0.05) is 39.0 Å². The second-order valence-electron chi connectivity index (χ2n) is 5.62. The summed E-state index contributed by atoms with van der Waals surface area (Å²) in [6.45, 7) is 0. The lowest BCUT2D eigenvalue weighted by Crippen LogP contribution is -2.43. The standard InChI is InChI=1S/C15H20N2O/c1-16(2)14-5-3-4-6-15(14)17-11-7-8-12(17)10-13(18)9-11/h3-6,11-12H,7-10H2,1-2H3. The molecule has 2 bridgehead atoms. The van der Waals surface area contributed by atoms with Gasteiger partial charge in [0.25, 0.3) is 0 Å². The van der Waals surface area contributed by atoms with E-state index in [1.807, 2.05) is 0 Å². The zero-order valence-corrected chi connectivity index (χ0v) is 11.1. The number of anilines is 2. The van der Waals surface area contributed by atoms with Crippen LogP contribution in [-0.2, 0) is 4.79 Å². The Morgan fingerprint density at radius 2 is 1.72 bits per heavy atom. The van der Waals surface area contributed by atoms with E-state index in [9.17, 15) is 4.79 Å². The number of hydrogen-bond donors (Lipinski definition) is 0. The molecule has 0 radical (unpaired) electrons. The summed E-state index contributed by atoms with van der Waals surface area (Å²) in [5.74, 6) is 0.445. The first-order chi connectivity index (χ1) is 8.66. The van der Waals surface area contributed by atoms with Gasteiger partial charge in [0.05, 0.1) is 11.4 Å². The molecular weight excluding hydrogens is 224 g/mol. The summed E-state index contributed by atoms with van der Waals surface area (Å²) in [4.78, 5) is 16.3. The minimum atomic E-state index is 0.428. The Kier molecular flexibility index (Phi) is 2.77. The van der Waals surface area contributed by atoms with Crippen molar-refractivity contribution >= 4 is 17.2 Å². The Labute approximate surface area is 108 Å². The van der Waals surface area contributed by atoms with Crippen LogP contribution in [0.4, 0.5) is 11.4 Å². The molecular formula is C15H20N2O. The molecule has 2 fully saturated rings. The second kappa shape index (κ2) is 4.30. The van der Waals surface area contributed by atoms with Crippen LogP contribution in [0, 0.1) is 0 Å². The average molecular weight is 244 g/mol. The Balaban J connectivity index is 1.99. The average Bonchev–Trinajstić information content (AvgIpc) is 2.61. The summed E-state index contributed by atoms with van der Waals surface area (Å²) >= 11 is 0. The number of benzene rings is 1. The predicted molar refractivity (Wildman–Crippen MR) is 74.3 cm³/mol. The van der Waals surface area contributed by atoms with Gasteiger partial charge in [-0.05, 0) is 25.0 Å². The van der Waals surface area contributed by atoms with Gasteiger partial charge in [0.15, 0.2) is 0 Å². The van der Waals surface area contributed by atoms with E-state index in [2.05, 4.69) is 48.2 Å². The highest BCUT2D eigenvalue weighted by molar-refractivity contribution is 5.84. The van der Waals surface area contributed by atoms with Crippen LogP contribution in [0.5, 0.6) is 0 Å². The van der Waals surface area contributed by atoms with Crippen molar-refractivity contribution in [2.75, 3.05) is 23.9 Å². The number of carbonyl (C=O) groups is 1. The highest BCUT2D eigenvalue weighted by atomic mass is 16.1. The SMILES string of the molecule is CN(C)c1ccccc1N1C2CCC1CC(=O)C2. The van der Waals surface area contributed by atoms with Crippen LogP contribution >= 0.6 is 0 Å². The van der Waals surface area contributed by atoms with Crippen LogP contribution in [-0.4, -0.2) is 32.0 Å². The minimum Gasteiger partial charge on any atom is -0.376 e. The van der Waals surface area contributed by atoms with E-state index >= 15 is 0 Å². The molecule has 0 aromatic heterocycles. The molecule has 1 aromatic carbocycles. The van der Waals surface area contributed by atoms with E-state index in [0.717, 1.165) is 25.7 Å². The summed E-state index contributed by atoms with van der Waals surface area (Å²) in [5, 5.41) is 0. The van der Waals surface area contributed by atoms with Gasteiger partial charge in [-0.1, -0.05) is 12.1 Å². The molecule has 18 heavy (non-hydrogen) atoms. The van der Waals surface area contributed by atoms with Crippen molar-refractivity contribution in [3.8, 4) is 0 Å². The van der Waals surface area contributed by atoms with Gasteiger partial charge in [0.1, 0.15) is 5.78 Å². The van der Waals surface area contributed by atoms with Crippen LogP contribution in [0.1, 0.15) is 25.7 Å². The lowest BCUT2D eigenvalue weighted by molar-refractivity contribution is -0.120. The first kappa shape index (κ1) is 11.6. The van der Waals surface area contributed by atoms with Crippen molar-refractivity contribution in [2.24, 2.45) is 0 Å². The van der Waals surface area contributed by atoms with Gasteiger partial charge in [-0.3, -0.25) is 4.79 Å². The van der Waals surface area contributed by atoms with E-state index in [4.69, 9.17) is 0 Å². The number of ketones is 1. The lowest BCUT2D eigenvalue weighted by atomic mass is 10.00. The Morgan fingerprint density at radius 1 is 1.11 bits per heavy atom. The maximum Gasteiger partial charge on any atom is 0.137 e. The van der Waals surface area contributed by atoms with Gasteiger partial charge >= 0.3 is 0 Å². The van der Waals surface area contributed by atoms with E-state index in [1.54, 1.807) is 0 Å². The molecule has 3 nitrogen and oxygen atoms in total. The quantitative estimate of drug-likeness (QED) is 0.798. The minimum absolute atomic E-state index is 0.428. The maximum absolute atomic E-state index is 11.7. The molecule has 0 spiro atoms. The third kappa shape index (κ3) is 1.78. The molecule has 3 heteroatoms. The first-order valence-electron chi connectivity index (χ1n) is 6.73. The van der Waals surface area contributed by atoms with Crippen molar-refractivity contribution in [1.82, 2.24) is 0 Å². The summed E-state index contributed by atoms with van der Waals surface area (Å²) in [7, 11) is 4.16. The number of nitrogens with zero attached hydrogens (tertiary/aromatic N) is 2. The molecule has 2 saturated heterocycles. The van der Waals surface area contributed by atoms with E-state index in [-0.39, 0.29) is 0 Å². The zero-order chi connectivity index (χ0) is 12.7. The van der Waals surface area contributed by atoms with E-state index in [0.29, 0.717) is 17.9 Å². The summed E-state index contributed by atoms with van der Waals surface area (Å²) in [5.41, 5.74) is 2.55. The smallest absolute Gasteiger partial charge is 0.137 e. The lowest BCUT2D eigenvalue weighted by Gasteiger charge is -2.38. The number of fused-ring (bicyclic) bond motifs is 2. The predicted octanol–water partition coefficient (Wildman–Crippen LogP) is 2.45. The van der Waals surface area contributed by atoms with Gasteiger partial charge in [-0.25, -0.2) is 0 Å². The van der Waals surface area contributed by atoms with E-state index < -0.39 is 0 Å². The fourth-order valence-corrected chi connectivity index (χ4v) is 3.42. The fourth-order valence-electron chi connectivity index (χ4n) is 3.42. The molecule has 0 aliphatic carbocycles. The van der Waals surface area contributed by atoms with Crippen LogP contribution in [0.25, 0.3) is 0 Å². The van der Waals surface area contributed by atoms with Crippen molar-refractivity contribution < 1.29 is 4.79 Å². The Hall–Kier alpha value is -1.51. The molecule has 2 aliphatic heterocycles. The fraction of sp³-hybridized carbons (Fsp3) is 0.533. The van der Waals surface area contributed by atoms with Crippen molar-refractivity contribution in [3.05, 3.63) is 24.3 Å². The monoisotopic (exact) mass is 244 g/mol. The molecule has 3 rings (SSSR count). The molecule has 1 aromatic rings. The van der Waals surface area contributed by atoms with Crippen molar-refractivity contribution in [2.45, 2.75) is 37.8 Å². The van der Waals surface area contributed by atoms with Crippen molar-refractivity contribution in [1.29, 1.82) is 0 Å². The summed E-state index contributed by atoms with van der Waals surface area (Å²) in [6.07, 6.45) is 3.80. The molecule has 96 valence electrons. The topological polar surface area (TPSA) is 23.6 Å². The number of carbonyl (C=O) groups excluding carboxylic acids is 1. The van der Waals surface area contributed by atoms with E-state index in [1.165, 1.54) is 11.4 Å².